The number of rotatable bonds is 7. The Morgan fingerprint density at radius 2 is 0.675 bits per heavy atom. The standard InChI is InChI=1S/C81H82BN/c1-76(2,3)61-43-57(44-62(49-61)77(4,5)6)55-39-41-70-68(47-55)81(59-33-24-18-25-34-59,60-35-26-19-27-36-60)69-51-65(80(13,14)15)52-73-74(69)82(70)71-42-40-56(58-45-63(78(7,8)9)50-64(46-58)79(10,11)12)48-72(71)83(73)75-66(53-29-20-16-21-30-53)37-28-38-67(75)54-31-22-17-23-32-54/h16-52H,1-15H3. The smallest absolute Gasteiger partial charge is 0.247 e. The molecule has 0 saturated carbocycles. The lowest BCUT2D eigenvalue weighted by molar-refractivity contribution is 0.568. The molecular formula is C81H82BN. The van der Waals surface area contributed by atoms with Crippen LogP contribution >= 0.6 is 0 Å². The third-order valence-corrected chi connectivity index (χ3v) is 18.1. The molecule has 414 valence electrons. The van der Waals surface area contributed by atoms with E-state index in [1.54, 1.807) is 0 Å². The van der Waals surface area contributed by atoms with E-state index < -0.39 is 5.41 Å². The number of anilines is 3. The molecule has 2 aliphatic heterocycles. The van der Waals surface area contributed by atoms with Crippen LogP contribution in [0.3, 0.4) is 0 Å². The summed E-state index contributed by atoms with van der Waals surface area (Å²) in [5.41, 5.74) is 28.0. The van der Waals surface area contributed by atoms with Crippen molar-refractivity contribution in [2.75, 3.05) is 4.90 Å². The Kier molecular flexibility index (Phi) is 13.5. The first-order valence-corrected chi connectivity index (χ1v) is 30.3. The second-order valence-electron chi connectivity index (χ2n) is 29.1. The van der Waals surface area contributed by atoms with Gasteiger partial charge >= 0.3 is 0 Å². The van der Waals surface area contributed by atoms with Crippen LogP contribution in [-0.4, -0.2) is 6.71 Å². The van der Waals surface area contributed by atoms with Gasteiger partial charge in [0.2, 0.25) is 6.71 Å². The van der Waals surface area contributed by atoms with Gasteiger partial charge in [0.1, 0.15) is 0 Å². The highest BCUT2D eigenvalue weighted by molar-refractivity contribution is 6.99. The van der Waals surface area contributed by atoms with Crippen LogP contribution in [0.2, 0.25) is 0 Å². The summed E-state index contributed by atoms with van der Waals surface area (Å²) in [6.45, 7) is 35.3. The topological polar surface area (TPSA) is 3.24 Å². The van der Waals surface area contributed by atoms with Crippen LogP contribution in [0.1, 0.15) is 154 Å². The molecule has 10 aromatic rings. The molecule has 0 radical (unpaired) electrons. The minimum absolute atomic E-state index is 0.0425. The lowest BCUT2D eigenvalue weighted by atomic mass is 9.29. The summed E-state index contributed by atoms with van der Waals surface area (Å²) >= 11 is 0. The molecule has 12 rings (SSSR count). The maximum Gasteiger partial charge on any atom is 0.247 e. The van der Waals surface area contributed by atoms with E-state index in [0.717, 1.165) is 0 Å². The third kappa shape index (κ3) is 9.80. The minimum Gasteiger partial charge on any atom is -0.310 e. The van der Waals surface area contributed by atoms with Crippen LogP contribution in [0.5, 0.6) is 0 Å². The maximum absolute atomic E-state index is 2.72. The average Bonchev–Trinajstić information content (AvgIpc) is 0.809. The van der Waals surface area contributed by atoms with E-state index in [9.17, 15) is 0 Å². The first-order chi connectivity index (χ1) is 39.3. The summed E-state index contributed by atoms with van der Waals surface area (Å²) in [7, 11) is 0. The number of fused-ring (bicyclic) bond motifs is 4. The molecule has 0 fully saturated rings. The third-order valence-electron chi connectivity index (χ3n) is 18.1. The largest absolute Gasteiger partial charge is 0.310 e. The number of para-hydroxylation sites is 1. The summed E-state index contributed by atoms with van der Waals surface area (Å²) in [6, 6.07) is 87.2. The molecule has 0 amide bonds. The molecular weight excluding hydrogens is 998 g/mol. The van der Waals surface area contributed by atoms with Gasteiger partial charge < -0.3 is 4.90 Å². The lowest BCUT2D eigenvalue weighted by Crippen LogP contribution is -2.65. The Morgan fingerprint density at radius 1 is 0.289 bits per heavy atom. The molecule has 1 nitrogen and oxygen atoms in total. The van der Waals surface area contributed by atoms with Crippen LogP contribution < -0.4 is 21.3 Å². The Balaban J connectivity index is 1.28. The van der Waals surface area contributed by atoms with Crippen molar-refractivity contribution < 1.29 is 0 Å². The molecule has 0 unspecified atom stereocenters. The van der Waals surface area contributed by atoms with Crippen molar-refractivity contribution in [1.82, 2.24) is 0 Å². The zero-order valence-corrected chi connectivity index (χ0v) is 51.9. The van der Waals surface area contributed by atoms with Gasteiger partial charge in [0, 0.05) is 22.5 Å². The summed E-state index contributed by atoms with van der Waals surface area (Å²) in [6.07, 6.45) is 0. The fourth-order valence-corrected chi connectivity index (χ4v) is 13.3. The van der Waals surface area contributed by atoms with E-state index >= 15 is 0 Å². The van der Waals surface area contributed by atoms with Crippen molar-refractivity contribution in [3.63, 3.8) is 0 Å². The Labute approximate surface area is 497 Å². The molecule has 0 atom stereocenters. The van der Waals surface area contributed by atoms with Gasteiger partial charge in [-0.05, 0) is 134 Å². The van der Waals surface area contributed by atoms with Crippen molar-refractivity contribution in [2.24, 2.45) is 0 Å². The highest BCUT2D eigenvalue weighted by Gasteiger charge is 2.52. The van der Waals surface area contributed by atoms with Crippen LogP contribution in [0, 0.1) is 0 Å². The molecule has 2 heteroatoms. The normalized spacial score (nSPS) is 14.0. The van der Waals surface area contributed by atoms with E-state index in [1.165, 1.54) is 128 Å². The fraction of sp³-hybridized carbons (Fsp3) is 0.259. The molecule has 0 aromatic heterocycles. The van der Waals surface area contributed by atoms with Gasteiger partial charge in [-0.25, -0.2) is 0 Å². The van der Waals surface area contributed by atoms with E-state index in [1.807, 2.05) is 0 Å². The molecule has 0 N–H and O–H groups in total. The molecule has 0 bridgehead atoms. The van der Waals surface area contributed by atoms with E-state index in [2.05, 4.69) is 333 Å². The van der Waals surface area contributed by atoms with Gasteiger partial charge in [-0.3, -0.25) is 0 Å². The predicted molar refractivity (Wildman–Crippen MR) is 359 cm³/mol. The highest BCUT2D eigenvalue weighted by Crippen LogP contribution is 2.54. The van der Waals surface area contributed by atoms with Gasteiger partial charge in [0.15, 0.2) is 0 Å². The molecule has 0 spiro atoms. The molecule has 0 aliphatic carbocycles. The molecule has 0 saturated heterocycles. The van der Waals surface area contributed by atoms with Crippen molar-refractivity contribution in [3.8, 4) is 44.5 Å². The molecule has 10 aromatic carbocycles. The summed E-state index contributed by atoms with van der Waals surface area (Å²) in [5, 5.41) is 0. The highest BCUT2D eigenvalue weighted by atomic mass is 15.2. The van der Waals surface area contributed by atoms with E-state index in [0.29, 0.717) is 0 Å². The SMILES string of the molecule is CC(C)(C)c1cc(-c2ccc3c(c2)N(c2c(-c4ccccc4)cccc2-c2ccccc2)c2cc(C(C)(C)C)cc4c2B3c2ccc(-c3cc(C(C)(C)C)cc(C(C)(C)C)c3)cc2C4(c2ccccc2)c2ccccc2)cc(C(C)(C)C)c1. The van der Waals surface area contributed by atoms with Gasteiger partial charge in [0.25, 0.3) is 0 Å². The maximum atomic E-state index is 2.72. The van der Waals surface area contributed by atoms with Crippen molar-refractivity contribution in [1.29, 1.82) is 0 Å². The number of hydrogen-bond donors (Lipinski definition) is 0. The van der Waals surface area contributed by atoms with E-state index in [-0.39, 0.29) is 33.8 Å². The van der Waals surface area contributed by atoms with Crippen LogP contribution in [-0.2, 0) is 32.5 Å². The quantitative estimate of drug-likeness (QED) is 0.144. The van der Waals surface area contributed by atoms with Gasteiger partial charge in [-0.15, -0.1) is 0 Å². The van der Waals surface area contributed by atoms with Crippen molar-refractivity contribution in [2.45, 2.75) is 136 Å². The summed E-state index contributed by atoms with van der Waals surface area (Å²) in [4.78, 5) is 2.72. The Bertz CT molecular complexity index is 3910. The Morgan fingerprint density at radius 3 is 1.10 bits per heavy atom. The van der Waals surface area contributed by atoms with Crippen LogP contribution in [0.4, 0.5) is 17.1 Å². The van der Waals surface area contributed by atoms with Gasteiger partial charge in [0.05, 0.1) is 11.1 Å². The number of benzene rings is 10. The van der Waals surface area contributed by atoms with Gasteiger partial charge in [-0.2, -0.15) is 0 Å². The number of nitrogens with zero attached hydrogens (tertiary/aromatic N) is 1. The summed E-state index contributed by atoms with van der Waals surface area (Å²) < 4.78 is 0. The fourth-order valence-electron chi connectivity index (χ4n) is 13.3. The molecule has 83 heavy (non-hydrogen) atoms. The minimum atomic E-state index is -0.731. The zero-order chi connectivity index (χ0) is 58.6. The predicted octanol–water partition coefficient (Wildman–Crippen LogP) is 19.8. The monoisotopic (exact) mass is 1080 g/mol. The molecule has 2 heterocycles. The van der Waals surface area contributed by atoms with Gasteiger partial charge in [-0.1, -0.05) is 322 Å². The van der Waals surface area contributed by atoms with Crippen molar-refractivity contribution in [3.05, 3.63) is 275 Å². The van der Waals surface area contributed by atoms with Crippen LogP contribution in [0.15, 0.2) is 224 Å². The first-order valence-electron chi connectivity index (χ1n) is 30.3. The number of hydrogen-bond acceptors (Lipinski definition) is 1. The second kappa shape index (κ2) is 20.2. The lowest BCUT2D eigenvalue weighted by Gasteiger charge is -2.49. The molecule has 2 aliphatic rings. The Hall–Kier alpha value is -7.94. The second-order valence-corrected chi connectivity index (χ2v) is 29.1. The van der Waals surface area contributed by atoms with Crippen LogP contribution in [0.25, 0.3) is 44.5 Å². The summed E-state index contributed by atoms with van der Waals surface area (Å²) in [5.74, 6) is 0. The average molecular weight is 1080 g/mol. The van der Waals surface area contributed by atoms with E-state index in [4.69, 9.17) is 0 Å². The first kappa shape index (κ1) is 55.6. The zero-order valence-electron chi connectivity index (χ0n) is 51.9. The van der Waals surface area contributed by atoms with Crippen molar-refractivity contribution >= 4 is 40.2 Å².